The first-order chi connectivity index (χ1) is 16.0. The average Bonchev–Trinajstić information content (AvgIpc) is 3.40. The monoisotopic (exact) mass is 450 g/mol. The van der Waals surface area contributed by atoms with E-state index in [0.717, 1.165) is 43.0 Å². The van der Waals surface area contributed by atoms with Gasteiger partial charge in [-0.3, -0.25) is 14.4 Å². The van der Waals surface area contributed by atoms with Crippen LogP contribution in [0.15, 0.2) is 24.3 Å². The van der Waals surface area contributed by atoms with Gasteiger partial charge < -0.3 is 20.4 Å². The first-order valence-electron chi connectivity index (χ1n) is 11.7. The molecule has 3 atom stereocenters. The number of aromatic nitrogens is 1. The van der Waals surface area contributed by atoms with Crippen molar-refractivity contribution >= 4 is 28.5 Å². The molecule has 33 heavy (non-hydrogen) atoms. The molecule has 0 aliphatic heterocycles. The third kappa shape index (κ3) is 5.19. The van der Waals surface area contributed by atoms with Gasteiger partial charge in [0.25, 0.3) is 5.91 Å². The van der Waals surface area contributed by atoms with Gasteiger partial charge in [-0.15, -0.1) is 0 Å². The Labute approximate surface area is 193 Å². The molecule has 0 bridgehead atoms. The predicted octanol–water partition coefficient (Wildman–Crippen LogP) is 3.23. The number of ether oxygens (including phenoxy) is 1. The Bertz CT molecular complexity index is 1080. The van der Waals surface area contributed by atoms with Crippen LogP contribution in [-0.2, 0) is 9.59 Å². The highest BCUT2D eigenvalue weighted by Gasteiger charge is 2.32. The molecule has 3 N–H and O–H groups in total. The van der Waals surface area contributed by atoms with Gasteiger partial charge in [-0.25, -0.2) is 0 Å². The lowest BCUT2D eigenvalue weighted by molar-refractivity contribution is -0.125. The molecule has 0 spiro atoms. The Kier molecular flexibility index (Phi) is 6.97. The van der Waals surface area contributed by atoms with Gasteiger partial charge in [0.1, 0.15) is 29.3 Å². The number of Topliss-reactive ketones (excluding diaryl/α,β-unsaturated/α-hetero) is 1. The van der Waals surface area contributed by atoms with Crippen LogP contribution >= 0.6 is 0 Å². The van der Waals surface area contributed by atoms with E-state index in [1.807, 2.05) is 18.2 Å². The number of nitriles is 1. The molecule has 4 rings (SSSR count). The van der Waals surface area contributed by atoms with Crippen LogP contribution in [0.5, 0.6) is 5.75 Å². The highest BCUT2D eigenvalue weighted by atomic mass is 16.5. The molecule has 8 nitrogen and oxygen atoms in total. The molecule has 2 aliphatic carbocycles. The van der Waals surface area contributed by atoms with Gasteiger partial charge in [0.05, 0.1) is 13.2 Å². The summed E-state index contributed by atoms with van der Waals surface area (Å²) < 4.78 is 5.36. The molecule has 1 aromatic carbocycles. The van der Waals surface area contributed by atoms with Gasteiger partial charge in [0.2, 0.25) is 5.91 Å². The fourth-order valence-electron chi connectivity index (χ4n) is 4.79. The van der Waals surface area contributed by atoms with Crippen LogP contribution in [-0.4, -0.2) is 41.8 Å². The molecule has 174 valence electrons. The molecule has 8 heteroatoms. The number of hydrogen-bond donors (Lipinski definition) is 3. The number of rotatable bonds is 9. The van der Waals surface area contributed by atoms with Crippen LogP contribution in [0.2, 0.25) is 0 Å². The Morgan fingerprint density at radius 3 is 2.67 bits per heavy atom. The van der Waals surface area contributed by atoms with Crippen molar-refractivity contribution in [3.05, 3.63) is 30.0 Å². The van der Waals surface area contributed by atoms with Crippen LogP contribution in [0.4, 0.5) is 0 Å². The number of hydrogen-bond acceptors (Lipinski definition) is 5. The van der Waals surface area contributed by atoms with Crippen molar-refractivity contribution in [2.24, 2.45) is 11.8 Å². The second-order valence-corrected chi connectivity index (χ2v) is 9.14. The molecule has 0 saturated heterocycles. The number of H-pyrrole nitrogens is 1. The summed E-state index contributed by atoms with van der Waals surface area (Å²) in [6.45, 7) is 0. The van der Waals surface area contributed by atoms with Crippen molar-refractivity contribution in [2.45, 2.75) is 63.5 Å². The van der Waals surface area contributed by atoms with E-state index in [0.29, 0.717) is 36.6 Å². The molecule has 1 heterocycles. The minimum Gasteiger partial charge on any atom is -0.496 e. The lowest BCUT2D eigenvalue weighted by Gasteiger charge is -2.30. The van der Waals surface area contributed by atoms with Crippen molar-refractivity contribution in [3.8, 4) is 11.8 Å². The number of fused-ring (bicyclic) bond motifs is 1. The minimum absolute atomic E-state index is 0.165. The molecule has 2 saturated carbocycles. The number of carbonyl (C=O) groups is 3. The first-order valence-corrected chi connectivity index (χ1v) is 11.7. The van der Waals surface area contributed by atoms with Crippen LogP contribution in [0.3, 0.4) is 0 Å². The second-order valence-electron chi connectivity index (χ2n) is 9.14. The normalized spacial score (nSPS) is 20.0. The lowest BCUT2D eigenvalue weighted by Crippen LogP contribution is -2.51. The summed E-state index contributed by atoms with van der Waals surface area (Å²) in [6, 6.07) is 7.85. The van der Waals surface area contributed by atoms with E-state index in [1.54, 1.807) is 13.2 Å². The van der Waals surface area contributed by atoms with Crippen LogP contribution in [0.1, 0.15) is 61.9 Å². The molecule has 0 radical (unpaired) electrons. The molecule has 2 aliphatic rings. The zero-order chi connectivity index (χ0) is 23.4. The summed E-state index contributed by atoms with van der Waals surface area (Å²) in [5.41, 5.74) is 1.11. The Morgan fingerprint density at radius 2 is 2.03 bits per heavy atom. The number of amides is 2. The maximum Gasteiger partial charge on any atom is 0.268 e. The van der Waals surface area contributed by atoms with Gasteiger partial charge >= 0.3 is 0 Å². The number of nitrogens with zero attached hydrogens (tertiary/aromatic N) is 1. The molecule has 2 aromatic rings. The van der Waals surface area contributed by atoms with Crippen LogP contribution < -0.4 is 15.4 Å². The van der Waals surface area contributed by atoms with E-state index < -0.39 is 12.1 Å². The average molecular weight is 451 g/mol. The SMILES string of the molecule is COc1cccc2[nH]c(C(=O)N[C@@H](CC3CCC3)C(=O)N[C@H](C#N)CC3CCCC3=O)cc12. The van der Waals surface area contributed by atoms with Crippen molar-refractivity contribution in [2.75, 3.05) is 7.11 Å². The molecule has 1 aromatic heterocycles. The maximum atomic E-state index is 13.1. The van der Waals surface area contributed by atoms with Gasteiger partial charge in [-0.05, 0) is 49.8 Å². The summed E-state index contributed by atoms with van der Waals surface area (Å²) in [4.78, 5) is 41.2. The maximum absolute atomic E-state index is 13.1. The summed E-state index contributed by atoms with van der Waals surface area (Å²) in [6.07, 6.45) is 6.19. The Balaban J connectivity index is 1.46. The van der Waals surface area contributed by atoms with Gasteiger partial charge in [0, 0.05) is 23.2 Å². The van der Waals surface area contributed by atoms with E-state index in [9.17, 15) is 19.6 Å². The smallest absolute Gasteiger partial charge is 0.268 e. The van der Waals surface area contributed by atoms with Crippen LogP contribution in [0, 0.1) is 23.2 Å². The largest absolute Gasteiger partial charge is 0.496 e. The summed E-state index contributed by atoms with van der Waals surface area (Å²) >= 11 is 0. The van der Waals surface area contributed by atoms with Crippen molar-refractivity contribution in [1.29, 1.82) is 5.26 Å². The number of benzene rings is 1. The predicted molar refractivity (Wildman–Crippen MR) is 123 cm³/mol. The van der Waals surface area contributed by atoms with Crippen molar-refractivity contribution in [3.63, 3.8) is 0 Å². The van der Waals surface area contributed by atoms with Gasteiger partial charge in [-0.1, -0.05) is 25.3 Å². The number of methoxy groups -OCH3 is 1. The number of ketones is 1. The van der Waals surface area contributed by atoms with Crippen molar-refractivity contribution < 1.29 is 19.1 Å². The number of carbonyl (C=O) groups excluding carboxylic acids is 3. The highest BCUT2D eigenvalue weighted by Crippen LogP contribution is 2.31. The quantitative estimate of drug-likeness (QED) is 0.541. The number of aromatic amines is 1. The zero-order valence-corrected chi connectivity index (χ0v) is 18.9. The fraction of sp³-hybridized carbons (Fsp3) is 0.520. The lowest BCUT2D eigenvalue weighted by atomic mass is 9.80. The summed E-state index contributed by atoms with van der Waals surface area (Å²) in [5.74, 6) is 0.271. The van der Waals surface area contributed by atoms with E-state index in [-0.39, 0.29) is 23.5 Å². The Morgan fingerprint density at radius 1 is 1.21 bits per heavy atom. The fourth-order valence-corrected chi connectivity index (χ4v) is 4.79. The molecule has 1 unspecified atom stereocenters. The Hall–Kier alpha value is -3.34. The summed E-state index contributed by atoms with van der Waals surface area (Å²) in [5, 5.41) is 16.0. The molecule has 2 amide bonds. The minimum atomic E-state index is -0.748. The summed E-state index contributed by atoms with van der Waals surface area (Å²) in [7, 11) is 1.57. The third-order valence-corrected chi connectivity index (χ3v) is 6.93. The van der Waals surface area contributed by atoms with Crippen LogP contribution in [0.25, 0.3) is 10.9 Å². The number of nitrogens with one attached hydrogen (secondary N) is 3. The first kappa shape index (κ1) is 22.8. The van der Waals surface area contributed by atoms with E-state index in [1.165, 1.54) is 0 Å². The third-order valence-electron chi connectivity index (χ3n) is 6.93. The van der Waals surface area contributed by atoms with Gasteiger partial charge in [0.15, 0.2) is 0 Å². The molecular formula is C25H30N4O4. The standard InChI is InChI=1S/C25H30N4O4/c1-33-23-10-4-8-19-18(23)13-21(28-19)25(32)29-20(11-15-5-2-6-15)24(31)27-17(14-26)12-16-7-3-9-22(16)30/h4,8,10,13,15-17,20,28H,2-3,5-7,9,11-12H2,1H3,(H,27,31)(H,29,32)/t16?,17-,20-/m0/s1. The van der Waals surface area contributed by atoms with Crippen molar-refractivity contribution in [1.82, 2.24) is 15.6 Å². The van der Waals surface area contributed by atoms with E-state index in [4.69, 9.17) is 4.74 Å². The molecule has 2 fully saturated rings. The topological polar surface area (TPSA) is 124 Å². The molecular weight excluding hydrogens is 420 g/mol. The van der Waals surface area contributed by atoms with Gasteiger partial charge in [-0.2, -0.15) is 5.26 Å². The van der Waals surface area contributed by atoms with E-state index in [2.05, 4.69) is 21.7 Å². The highest BCUT2D eigenvalue weighted by molar-refractivity contribution is 6.01. The van der Waals surface area contributed by atoms with E-state index >= 15 is 0 Å². The zero-order valence-electron chi connectivity index (χ0n) is 18.9. The second kappa shape index (κ2) is 10.1.